The van der Waals surface area contributed by atoms with E-state index in [1.54, 1.807) is 7.11 Å². The molecule has 0 aromatic heterocycles. The Hall–Kier alpha value is -0.220. The van der Waals surface area contributed by atoms with Gasteiger partial charge < -0.3 is 10.1 Å². The molecule has 0 amide bonds. The van der Waals surface area contributed by atoms with Gasteiger partial charge in [-0.15, -0.1) is 0 Å². The highest BCUT2D eigenvalue weighted by Crippen LogP contribution is 2.41. The van der Waals surface area contributed by atoms with E-state index in [2.05, 4.69) is 5.32 Å². The highest BCUT2D eigenvalue weighted by atomic mass is 19.3. The number of halogens is 2. The summed E-state index contributed by atoms with van der Waals surface area (Å²) >= 11 is 0. The van der Waals surface area contributed by atoms with Crippen LogP contribution < -0.4 is 5.32 Å². The summed E-state index contributed by atoms with van der Waals surface area (Å²) in [7, 11) is 1.62. The number of ether oxygens (including phenoxy) is 1. The average molecular weight is 179 g/mol. The zero-order chi connectivity index (χ0) is 9.03. The number of methoxy groups -OCH3 is 1. The molecule has 4 heteroatoms. The molecule has 72 valence electrons. The molecule has 1 N–H and O–H groups in total. The van der Waals surface area contributed by atoms with Crippen molar-refractivity contribution in [3.8, 4) is 0 Å². The summed E-state index contributed by atoms with van der Waals surface area (Å²) in [6.45, 7) is 2.08. The van der Waals surface area contributed by atoms with Gasteiger partial charge in [-0.3, -0.25) is 0 Å². The summed E-state index contributed by atoms with van der Waals surface area (Å²) in [5, 5.41) is 3.07. The lowest BCUT2D eigenvalue weighted by molar-refractivity contribution is -0.109. The lowest BCUT2D eigenvalue weighted by atomic mass is 9.81. The molecule has 0 bridgehead atoms. The Morgan fingerprint density at radius 2 is 2.17 bits per heavy atom. The quantitative estimate of drug-likeness (QED) is 0.642. The predicted octanol–water partition coefficient (Wildman–Crippen LogP) is 1.27. The molecule has 1 saturated carbocycles. The van der Waals surface area contributed by atoms with Crippen molar-refractivity contribution < 1.29 is 13.5 Å². The van der Waals surface area contributed by atoms with Crippen LogP contribution in [0.3, 0.4) is 0 Å². The van der Waals surface area contributed by atoms with E-state index in [1.807, 2.05) is 0 Å². The van der Waals surface area contributed by atoms with Crippen LogP contribution in [0.5, 0.6) is 0 Å². The Bertz CT molecular complexity index is 133. The standard InChI is InChI=1S/C8H15F2NO/c1-12-3-2-11-6-7-4-8(9,10)5-7/h7,11H,2-6H2,1H3. The molecule has 0 radical (unpaired) electrons. The number of rotatable bonds is 5. The van der Waals surface area contributed by atoms with E-state index in [1.165, 1.54) is 0 Å². The van der Waals surface area contributed by atoms with Crippen LogP contribution in [0, 0.1) is 5.92 Å². The predicted molar refractivity (Wildman–Crippen MR) is 42.4 cm³/mol. The van der Waals surface area contributed by atoms with Crippen LogP contribution in [0.1, 0.15) is 12.8 Å². The fourth-order valence-corrected chi connectivity index (χ4v) is 1.41. The second kappa shape index (κ2) is 4.14. The van der Waals surface area contributed by atoms with Gasteiger partial charge in [-0.05, 0) is 12.5 Å². The van der Waals surface area contributed by atoms with Crippen molar-refractivity contribution in [1.82, 2.24) is 5.32 Å². The highest BCUT2D eigenvalue weighted by molar-refractivity contribution is 4.86. The van der Waals surface area contributed by atoms with Gasteiger partial charge in [-0.25, -0.2) is 8.78 Å². The molecule has 0 aromatic rings. The van der Waals surface area contributed by atoms with E-state index in [0.717, 1.165) is 6.54 Å². The topological polar surface area (TPSA) is 21.3 Å². The summed E-state index contributed by atoms with van der Waals surface area (Å²) in [5.41, 5.74) is 0. The highest BCUT2D eigenvalue weighted by Gasteiger charge is 2.44. The van der Waals surface area contributed by atoms with Gasteiger partial charge in [-0.2, -0.15) is 0 Å². The summed E-state index contributed by atoms with van der Waals surface area (Å²) in [6.07, 6.45) is 0.0972. The van der Waals surface area contributed by atoms with Crippen LogP contribution in [0.15, 0.2) is 0 Å². The minimum absolute atomic E-state index is 0.0486. The van der Waals surface area contributed by atoms with Gasteiger partial charge in [0.05, 0.1) is 6.61 Å². The first-order valence-corrected chi connectivity index (χ1v) is 4.21. The van der Waals surface area contributed by atoms with E-state index >= 15 is 0 Å². The van der Waals surface area contributed by atoms with Crippen molar-refractivity contribution in [2.45, 2.75) is 18.8 Å². The zero-order valence-electron chi connectivity index (χ0n) is 7.28. The van der Waals surface area contributed by atoms with Crippen molar-refractivity contribution in [2.24, 2.45) is 5.92 Å². The molecule has 1 fully saturated rings. The molecule has 0 aliphatic heterocycles. The van der Waals surface area contributed by atoms with Gasteiger partial charge in [0.15, 0.2) is 0 Å². The fourth-order valence-electron chi connectivity index (χ4n) is 1.41. The SMILES string of the molecule is COCCNCC1CC(F)(F)C1. The average Bonchev–Trinajstić information content (AvgIpc) is 1.94. The lowest BCUT2D eigenvalue weighted by Crippen LogP contribution is -2.41. The van der Waals surface area contributed by atoms with Gasteiger partial charge >= 0.3 is 0 Å². The third kappa shape index (κ3) is 3.03. The van der Waals surface area contributed by atoms with Gasteiger partial charge in [-0.1, -0.05) is 0 Å². The third-order valence-electron chi connectivity index (χ3n) is 2.09. The van der Waals surface area contributed by atoms with Crippen molar-refractivity contribution in [1.29, 1.82) is 0 Å². The van der Waals surface area contributed by atoms with Crippen LogP contribution in [0.2, 0.25) is 0 Å². The Labute approximate surface area is 71.3 Å². The minimum atomic E-state index is -2.38. The van der Waals surface area contributed by atoms with E-state index in [0.29, 0.717) is 13.2 Å². The summed E-state index contributed by atoms with van der Waals surface area (Å²) in [5.74, 6) is -2.22. The van der Waals surface area contributed by atoms with E-state index < -0.39 is 5.92 Å². The first-order valence-electron chi connectivity index (χ1n) is 4.21. The lowest BCUT2D eigenvalue weighted by Gasteiger charge is -2.34. The van der Waals surface area contributed by atoms with Crippen molar-refractivity contribution in [3.05, 3.63) is 0 Å². The Balaban J connectivity index is 1.90. The van der Waals surface area contributed by atoms with Gasteiger partial charge in [0.1, 0.15) is 0 Å². The molecule has 0 unspecified atom stereocenters. The minimum Gasteiger partial charge on any atom is -0.383 e. The normalized spacial score (nSPS) is 22.2. The van der Waals surface area contributed by atoms with Gasteiger partial charge in [0.2, 0.25) is 5.92 Å². The molecule has 0 spiro atoms. The van der Waals surface area contributed by atoms with Gasteiger partial charge in [0, 0.05) is 26.5 Å². The zero-order valence-corrected chi connectivity index (χ0v) is 7.28. The maximum atomic E-state index is 12.3. The summed E-state index contributed by atoms with van der Waals surface area (Å²) in [4.78, 5) is 0. The van der Waals surface area contributed by atoms with Crippen molar-refractivity contribution >= 4 is 0 Å². The fraction of sp³-hybridized carbons (Fsp3) is 1.00. The van der Waals surface area contributed by atoms with E-state index in [4.69, 9.17) is 4.74 Å². The number of alkyl halides is 2. The first-order chi connectivity index (χ1) is 5.64. The maximum Gasteiger partial charge on any atom is 0.248 e. The van der Waals surface area contributed by atoms with Crippen molar-refractivity contribution in [3.63, 3.8) is 0 Å². The van der Waals surface area contributed by atoms with Crippen LogP contribution in [-0.2, 0) is 4.74 Å². The van der Waals surface area contributed by atoms with E-state index in [-0.39, 0.29) is 18.8 Å². The summed E-state index contributed by atoms with van der Waals surface area (Å²) < 4.78 is 29.4. The Morgan fingerprint density at radius 1 is 1.50 bits per heavy atom. The maximum absolute atomic E-state index is 12.3. The molecule has 0 aromatic carbocycles. The van der Waals surface area contributed by atoms with Gasteiger partial charge in [0.25, 0.3) is 0 Å². The molecule has 1 aliphatic carbocycles. The Morgan fingerprint density at radius 3 is 2.67 bits per heavy atom. The van der Waals surface area contributed by atoms with Crippen LogP contribution in [0.4, 0.5) is 8.78 Å². The number of hydrogen-bond donors (Lipinski definition) is 1. The molecular formula is C8H15F2NO. The monoisotopic (exact) mass is 179 g/mol. The van der Waals surface area contributed by atoms with E-state index in [9.17, 15) is 8.78 Å². The number of nitrogens with one attached hydrogen (secondary N) is 1. The van der Waals surface area contributed by atoms with Crippen molar-refractivity contribution in [2.75, 3.05) is 26.8 Å². The molecule has 1 rings (SSSR count). The summed E-state index contributed by atoms with van der Waals surface area (Å²) in [6, 6.07) is 0. The first kappa shape index (κ1) is 9.86. The Kier molecular flexibility index (Phi) is 3.40. The molecule has 0 atom stereocenters. The number of hydrogen-bond acceptors (Lipinski definition) is 2. The smallest absolute Gasteiger partial charge is 0.248 e. The van der Waals surface area contributed by atoms with Crippen LogP contribution in [0.25, 0.3) is 0 Å². The second-order valence-corrected chi connectivity index (χ2v) is 3.33. The molecular weight excluding hydrogens is 164 g/mol. The molecule has 2 nitrogen and oxygen atoms in total. The second-order valence-electron chi connectivity index (χ2n) is 3.33. The van der Waals surface area contributed by atoms with Crippen LogP contribution in [-0.4, -0.2) is 32.7 Å². The third-order valence-corrected chi connectivity index (χ3v) is 2.09. The molecule has 12 heavy (non-hydrogen) atoms. The largest absolute Gasteiger partial charge is 0.383 e. The molecule has 1 aliphatic rings. The van der Waals surface area contributed by atoms with Crippen LogP contribution >= 0.6 is 0 Å². The molecule has 0 saturated heterocycles. The molecule has 0 heterocycles.